The van der Waals surface area contributed by atoms with Crippen LogP contribution in [0.25, 0.3) is 4.96 Å². The first-order valence-corrected chi connectivity index (χ1v) is 8.72. The zero-order valence-electron chi connectivity index (χ0n) is 13.9. The van der Waals surface area contributed by atoms with Crippen LogP contribution in [-0.2, 0) is 28.9 Å². The number of rotatable bonds is 5. The summed E-state index contributed by atoms with van der Waals surface area (Å²) < 4.78 is 72.5. The van der Waals surface area contributed by atoms with Gasteiger partial charge in [0.05, 0.1) is 24.8 Å². The Labute approximate surface area is 153 Å². The van der Waals surface area contributed by atoms with E-state index in [4.69, 9.17) is 4.74 Å². The minimum Gasteiger partial charge on any atom is -0.377 e. The number of ether oxygens (including phenoxy) is 1. The van der Waals surface area contributed by atoms with E-state index in [1.165, 1.54) is 7.11 Å². The summed E-state index contributed by atoms with van der Waals surface area (Å²) in [6, 6.07) is 0. The number of carbonyl (C=O) groups excluding carboxylic acids is 1. The van der Waals surface area contributed by atoms with E-state index in [1.807, 2.05) is 0 Å². The number of nitrogens with zero attached hydrogens (tertiary/aromatic N) is 4. The van der Waals surface area contributed by atoms with E-state index in [2.05, 4.69) is 10.1 Å². The fourth-order valence-corrected chi connectivity index (χ4v) is 4.00. The number of halogens is 5. The van der Waals surface area contributed by atoms with Gasteiger partial charge in [0.2, 0.25) is 10.9 Å². The van der Waals surface area contributed by atoms with Gasteiger partial charge in [0.25, 0.3) is 5.92 Å². The van der Waals surface area contributed by atoms with Gasteiger partial charge >= 0.3 is 6.18 Å². The molecule has 1 amide bonds. The number of amides is 1. The summed E-state index contributed by atoms with van der Waals surface area (Å²) in [6.07, 6.45) is -3.97. The predicted molar refractivity (Wildman–Crippen MR) is 83.1 cm³/mol. The summed E-state index contributed by atoms with van der Waals surface area (Å²) in [5, 5.41) is 4.50. The molecule has 1 aliphatic heterocycles. The fourth-order valence-electron chi connectivity index (χ4n) is 3.12. The zero-order valence-corrected chi connectivity index (χ0v) is 14.7. The van der Waals surface area contributed by atoms with Crippen molar-refractivity contribution in [2.24, 2.45) is 5.92 Å². The molecule has 6 nitrogen and oxygen atoms in total. The van der Waals surface area contributed by atoms with Crippen molar-refractivity contribution in [3.05, 3.63) is 28.0 Å². The number of imidazole rings is 1. The molecule has 3 heterocycles. The lowest BCUT2D eigenvalue weighted by molar-refractivity contribution is -0.142. The third-order valence-electron chi connectivity index (χ3n) is 4.48. The van der Waals surface area contributed by atoms with Gasteiger partial charge in [-0.1, -0.05) is 11.3 Å². The third kappa shape index (κ3) is 3.20. The fraction of sp³-hybridized carbons (Fsp3) is 0.533. The largest absolute Gasteiger partial charge is 0.435 e. The Bertz CT molecular complexity index is 948. The van der Waals surface area contributed by atoms with Gasteiger partial charge < -0.3 is 9.64 Å². The normalized spacial score (nSPS) is 22.0. The van der Waals surface area contributed by atoms with E-state index >= 15 is 0 Å². The highest BCUT2D eigenvalue weighted by Crippen LogP contribution is 2.53. The highest BCUT2D eigenvalue weighted by atomic mass is 32.1. The average molecular weight is 408 g/mol. The highest BCUT2D eigenvalue weighted by Gasteiger charge is 2.59. The molecule has 1 fully saturated rings. The van der Waals surface area contributed by atoms with E-state index in [-0.39, 0.29) is 35.8 Å². The van der Waals surface area contributed by atoms with E-state index in [0.29, 0.717) is 5.01 Å². The number of alkyl halides is 5. The first kappa shape index (κ1) is 18.3. The van der Waals surface area contributed by atoms with Crippen LogP contribution in [0.5, 0.6) is 0 Å². The Morgan fingerprint density at radius 2 is 2.11 bits per heavy atom. The SMILES string of the molecule is COCc1nn2c(CN3CC([C@@H]4CC4(F)F)=CC3=O)c(C(F)(F)F)nc2s1. The molecule has 0 saturated heterocycles. The summed E-state index contributed by atoms with van der Waals surface area (Å²) in [4.78, 5) is 16.8. The summed E-state index contributed by atoms with van der Waals surface area (Å²) >= 11 is 0.947. The molecule has 2 aromatic heterocycles. The Morgan fingerprint density at radius 3 is 2.70 bits per heavy atom. The third-order valence-corrected chi connectivity index (χ3v) is 5.36. The lowest BCUT2D eigenvalue weighted by atomic mass is 10.2. The maximum absolute atomic E-state index is 13.4. The summed E-state index contributed by atoms with van der Waals surface area (Å²) in [5.41, 5.74) is -1.19. The van der Waals surface area contributed by atoms with E-state index < -0.39 is 36.2 Å². The van der Waals surface area contributed by atoms with Crippen molar-refractivity contribution >= 4 is 22.2 Å². The number of aromatic nitrogens is 3. The zero-order chi connectivity index (χ0) is 19.6. The second-order valence-corrected chi connectivity index (χ2v) is 7.50. The predicted octanol–water partition coefficient (Wildman–Crippen LogP) is 2.88. The van der Waals surface area contributed by atoms with E-state index in [1.54, 1.807) is 0 Å². The van der Waals surface area contributed by atoms with Crippen LogP contribution in [0.3, 0.4) is 0 Å². The number of carbonyl (C=O) groups is 1. The van der Waals surface area contributed by atoms with Gasteiger partial charge in [-0.2, -0.15) is 18.3 Å². The lowest BCUT2D eigenvalue weighted by Gasteiger charge is -2.17. The highest BCUT2D eigenvalue weighted by molar-refractivity contribution is 7.16. The van der Waals surface area contributed by atoms with Gasteiger partial charge in [-0.25, -0.2) is 18.3 Å². The van der Waals surface area contributed by atoms with E-state index in [9.17, 15) is 26.7 Å². The molecule has 0 aromatic carbocycles. The second kappa shape index (κ2) is 5.96. The van der Waals surface area contributed by atoms with Gasteiger partial charge in [-0.05, 0) is 5.57 Å². The maximum atomic E-state index is 13.4. The standard InChI is InChI=1S/C15H13F5N4O2S/c1-26-6-10-22-24-9(12(15(18,19)20)21-13(24)27-10)5-23-4-7(2-11(23)25)8-3-14(8,16)17/h2,8H,3-6H2,1H3/t8-/m0/s1. The maximum Gasteiger partial charge on any atom is 0.435 e. The van der Waals surface area contributed by atoms with Crippen LogP contribution in [0.1, 0.15) is 22.8 Å². The van der Waals surface area contributed by atoms with Crippen molar-refractivity contribution < 1.29 is 31.5 Å². The molecule has 2 aliphatic rings. The number of methoxy groups -OCH3 is 1. The van der Waals surface area contributed by atoms with Crippen LogP contribution in [-0.4, -0.2) is 45.0 Å². The smallest absolute Gasteiger partial charge is 0.377 e. The first-order valence-electron chi connectivity index (χ1n) is 7.91. The quantitative estimate of drug-likeness (QED) is 0.714. The molecule has 0 bridgehead atoms. The van der Waals surface area contributed by atoms with Crippen molar-refractivity contribution in [1.82, 2.24) is 19.5 Å². The molecule has 4 rings (SSSR count). The van der Waals surface area contributed by atoms with Crippen LogP contribution in [0.2, 0.25) is 0 Å². The summed E-state index contributed by atoms with van der Waals surface area (Å²) in [5.74, 6) is -4.44. The Morgan fingerprint density at radius 1 is 1.41 bits per heavy atom. The van der Waals surface area contributed by atoms with Gasteiger partial charge in [-0.3, -0.25) is 4.79 Å². The molecule has 0 spiro atoms. The molecule has 0 radical (unpaired) electrons. The van der Waals surface area contributed by atoms with Crippen LogP contribution < -0.4 is 0 Å². The molecule has 1 aliphatic carbocycles. The number of hydrogen-bond donors (Lipinski definition) is 0. The van der Waals surface area contributed by atoms with Gasteiger partial charge in [0, 0.05) is 26.2 Å². The van der Waals surface area contributed by atoms with Crippen molar-refractivity contribution in [2.75, 3.05) is 13.7 Å². The van der Waals surface area contributed by atoms with Gasteiger partial charge in [0.15, 0.2) is 5.69 Å². The van der Waals surface area contributed by atoms with Gasteiger partial charge in [-0.15, -0.1) is 0 Å². The molecule has 1 saturated carbocycles. The molecule has 0 N–H and O–H groups in total. The van der Waals surface area contributed by atoms with Crippen LogP contribution in [0.4, 0.5) is 22.0 Å². The van der Waals surface area contributed by atoms with E-state index in [0.717, 1.165) is 26.8 Å². The Kier molecular flexibility index (Phi) is 4.04. The van der Waals surface area contributed by atoms with Crippen LogP contribution >= 0.6 is 11.3 Å². The van der Waals surface area contributed by atoms with Crippen LogP contribution in [0, 0.1) is 5.92 Å². The van der Waals surface area contributed by atoms with Crippen molar-refractivity contribution in [2.45, 2.75) is 31.7 Å². The van der Waals surface area contributed by atoms with Crippen molar-refractivity contribution in [1.29, 1.82) is 0 Å². The Hall–Kier alpha value is -2.08. The molecule has 12 heteroatoms. The molecule has 0 unspecified atom stereocenters. The second-order valence-electron chi connectivity index (χ2n) is 6.46. The first-order chi connectivity index (χ1) is 12.6. The molecule has 2 aromatic rings. The minimum atomic E-state index is -4.73. The number of hydrogen-bond acceptors (Lipinski definition) is 5. The number of fused-ring (bicyclic) bond motifs is 1. The monoisotopic (exact) mass is 408 g/mol. The molecule has 146 valence electrons. The molecule has 1 atom stereocenters. The summed E-state index contributed by atoms with van der Waals surface area (Å²) in [6.45, 7) is -0.443. The van der Waals surface area contributed by atoms with Gasteiger partial charge in [0.1, 0.15) is 5.01 Å². The van der Waals surface area contributed by atoms with Crippen molar-refractivity contribution in [3.8, 4) is 0 Å². The Balaban J connectivity index is 1.63. The topological polar surface area (TPSA) is 59.7 Å². The lowest BCUT2D eigenvalue weighted by Crippen LogP contribution is -2.28. The molecule has 27 heavy (non-hydrogen) atoms. The molecular weight excluding hydrogens is 395 g/mol. The van der Waals surface area contributed by atoms with Crippen LogP contribution in [0.15, 0.2) is 11.6 Å². The minimum absolute atomic E-state index is 0.0259. The molecular formula is C15H13F5N4O2S. The van der Waals surface area contributed by atoms with Crippen molar-refractivity contribution in [3.63, 3.8) is 0 Å². The average Bonchev–Trinajstić information content (AvgIpc) is 2.90. The summed E-state index contributed by atoms with van der Waals surface area (Å²) in [7, 11) is 1.43.